The minimum absolute atomic E-state index is 0. The molecule has 0 aliphatic carbocycles. The van der Waals surface area contributed by atoms with Crippen molar-refractivity contribution in [2.24, 2.45) is 20.5 Å². The summed E-state index contributed by atoms with van der Waals surface area (Å²) in [7, 11) is -25.0. The first kappa shape index (κ1) is 57.7. The van der Waals surface area contributed by atoms with Gasteiger partial charge in [0.2, 0.25) is 0 Å². The second-order valence-electron chi connectivity index (χ2n) is 11.3. The van der Waals surface area contributed by atoms with Crippen LogP contribution in [0.3, 0.4) is 0 Å². The van der Waals surface area contributed by atoms with E-state index in [1.54, 1.807) is 0 Å². The third-order valence-corrected chi connectivity index (χ3v) is 12.0. The van der Waals surface area contributed by atoms with Gasteiger partial charge in [-0.15, -0.1) is 20.5 Å². The van der Waals surface area contributed by atoms with Gasteiger partial charge >= 0.3 is 148 Å². The summed E-state index contributed by atoms with van der Waals surface area (Å²) in [5.41, 5.74) is -1.23. The van der Waals surface area contributed by atoms with Crippen molar-refractivity contribution >= 4 is 106 Å². The fourth-order valence-corrected chi connectivity index (χ4v) is 7.98. The van der Waals surface area contributed by atoms with Crippen LogP contribution in [0.2, 0.25) is 0 Å². The van der Waals surface area contributed by atoms with E-state index in [0.29, 0.717) is 6.07 Å². The van der Waals surface area contributed by atoms with Crippen LogP contribution in [0, 0.1) is 0 Å². The zero-order valence-electron chi connectivity index (χ0n) is 31.6. The first-order valence-corrected chi connectivity index (χ1v) is 21.6. The van der Waals surface area contributed by atoms with Crippen LogP contribution in [0.15, 0.2) is 130 Å². The molecule has 6 aromatic carbocycles. The molecule has 286 valence electrons. The number of nitrogens with zero attached hydrogens (tertiary/aromatic N) is 4. The molecule has 0 saturated carbocycles. The van der Waals surface area contributed by atoms with Crippen LogP contribution in [0.25, 0.3) is 32.3 Å². The Morgan fingerprint density at radius 1 is 0.400 bits per heavy atom. The molecule has 0 unspecified atom stereocenters. The maximum absolute atomic E-state index is 12.1. The van der Waals surface area contributed by atoms with Crippen molar-refractivity contribution in [2.75, 3.05) is 0 Å². The average molecular weight is 966 g/mol. The summed E-state index contributed by atoms with van der Waals surface area (Å²) in [4.78, 5) is -4.05. The Morgan fingerprint density at radius 2 is 0.817 bits per heavy atom. The van der Waals surface area contributed by atoms with Crippen molar-refractivity contribution in [3.8, 4) is 5.75 Å². The first-order chi connectivity index (χ1) is 25.3. The summed E-state index contributed by atoms with van der Waals surface area (Å²) in [5, 5.41) is 26.1. The quantitative estimate of drug-likeness (QED) is 0.0594. The average Bonchev–Trinajstić information content (AvgIpc) is 3.07. The van der Waals surface area contributed by atoms with Gasteiger partial charge in [0.1, 0.15) is 25.9 Å². The van der Waals surface area contributed by atoms with E-state index in [1.807, 2.05) is 0 Å². The Hall–Kier alpha value is -0.350. The van der Waals surface area contributed by atoms with Crippen LogP contribution >= 0.6 is 0 Å². The zero-order valence-corrected chi connectivity index (χ0v) is 45.7. The van der Waals surface area contributed by atoms with E-state index in [1.165, 1.54) is 12.1 Å². The first-order valence-electron chi connectivity index (χ1n) is 14.4. The number of aromatic hydroxyl groups is 1. The van der Waals surface area contributed by atoms with Crippen molar-refractivity contribution < 1.29 is 218 Å². The molecule has 0 aromatic heterocycles. The molecule has 0 radical (unpaired) electrons. The Morgan fingerprint density at radius 3 is 1.35 bits per heavy atom. The van der Waals surface area contributed by atoms with Gasteiger partial charge < -0.3 is 14.2 Å². The number of benzene rings is 6. The number of rotatable bonds is 9. The van der Waals surface area contributed by atoms with Crippen LogP contribution in [-0.4, -0.2) is 70.0 Å². The molecule has 6 rings (SSSR count). The summed E-state index contributed by atoms with van der Waals surface area (Å²) in [6, 6.07) is 13.5. The van der Waals surface area contributed by atoms with Crippen molar-refractivity contribution in [3.05, 3.63) is 84.9 Å². The summed E-state index contributed by atoms with van der Waals surface area (Å²) >= 11 is 0. The smallest absolute Gasteiger partial charge is 0.744 e. The zero-order chi connectivity index (χ0) is 40.5. The van der Waals surface area contributed by atoms with Crippen molar-refractivity contribution in [1.29, 1.82) is 0 Å². The van der Waals surface area contributed by atoms with Crippen molar-refractivity contribution in [2.45, 2.75) is 24.5 Å². The number of fused-ring (bicyclic) bond motifs is 3. The van der Waals surface area contributed by atoms with Gasteiger partial charge in [0.05, 0.1) is 41.5 Å². The molecule has 0 heterocycles. The predicted molar refractivity (Wildman–Crippen MR) is 187 cm³/mol. The Balaban J connectivity index is 0.00000360. The minimum atomic E-state index is -5.44. The van der Waals surface area contributed by atoms with Crippen LogP contribution in [0.1, 0.15) is 0 Å². The van der Waals surface area contributed by atoms with Gasteiger partial charge in [-0.3, -0.25) is 13.7 Å². The Bertz CT molecular complexity index is 3320. The number of hydrogen-bond acceptors (Lipinski definition) is 17. The molecule has 60 heavy (non-hydrogen) atoms. The fraction of sp³-hybridized carbons (Fsp3) is 0. The second kappa shape index (κ2) is 21.3. The van der Waals surface area contributed by atoms with E-state index in [2.05, 4.69) is 20.5 Å². The predicted octanol–water partition coefficient (Wildman–Crippen LogP) is -9.75. The minimum Gasteiger partial charge on any atom is -0.744 e. The molecule has 30 heteroatoms. The summed E-state index contributed by atoms with van der Waals surface area (Å²) in [6.07, 6.45) is 0. The molecule has 0 saturated heterocycles. The molecular formula is C30H18N4Na5O16S5+3. The molecule has 0 aliphatic heterocycles. The van der Waals surface area contributed by atoms with E-state index in [4.69, 9.17) is 0 Å². The largest absolute Gasteiger partial charge is 1.00 e. The van der Waals surface area contributed by atoms with E-state index in [0.717, 1.165) is 66.7 Å². The molecule has 6 aromatic rings. The van der Waals surface area contributed by atoms with Crippen molar-refractivity contribution in [1.82, 2.24) is 0 Å². The third kappa shape index (κ3) is 12.9. The maximum atomic E-state index is 12.1. The number of phenolic OH excluding ortho intramolecular Hbond substituents is 1. The van der Waals surface area contributed by atoms with Crippen LogP contribution in [-0.2, 0) is 50.6 Å². The van der Waals surface area contributed by atoms with Crippen LogP contribution < -0.4 is 148 Å². The van der Waals surface area contributed by atoms with E-state index >= 15 is 0 Å². The molecular weight excluding hydrogens is 948 g/mol. The standard InChI is InChI=1S/C30H20N4O16S5.5Na/c35-30-28(55(48,49)50)12-16-10-18(52(39,40)41)2-5-22(16)29(30)34-32-26-8-7-25(23-6-3-19(13-24(23)26)53(42,43)44)31-33-27-14-20(54(45,46)47)11-15-9-17(51(36,37)38)1-4-21(15)27;;;;;/h1-14,35H,(H,36,37,38)(H,39,40,41)(H,42,43,44)(H,45,46,47)(H,48,49,50);;;;;/q;5*+1/p-2. The van der Waals surface area contributed by atoms with Crippen LogP contribution in [0.5, 0.6) is 5.75 Å². The Kier molecular flexibility index (Phi) is 20.5. The molecule has 4 N–H and O–H groups in total. The molecule has 0 amide bonds. The molecule has 0 fully saturated rings. The normalized spacial score (nSPS) is 12.3. The SMILES string of the molecule is O=S(=O)([O-])c1ccc2c(N=Nc3ccc(N=Nc4cc(S(=O)(=O)O)cc5cc(S(=O)(=O)O)ccc45)c4ccc(S(=O)(=O)O)cc34)c(O)c(S(=O)(=O)[O-])cc2c1.[Na+].[Na+].[Na+].[Na+].[Na+]. The van der Waals surface area contributed by atoms with E-state index in [9.17, 15) is 70.0 Å². The van der Waals surface area contributed by atoms with Gasteiger partial charge in [-0.1, -0.05) is 18.2 Å². The van der Waals surface area contributed by atoms with Gasteiger partial charge in [-0.05, 0) is 77.5 Å². The monoisotopic (exact) mass is 965 g/mol. The number of phenols is 1. The molecule has 0 spiro atoms. The molecule has 20 nitrogen and oxygen atoms in total. The van der Waals surface area contributed by atoms with Gasteiger partial charge in [0.15, 0.2) is 5.75 Å². The summed E-state index contributed by atoms with van der Waals surface area (Å²) in [6.45, 7) is 0. The van der Waals surface area contributed by atoms with Gasteiger partial charge in [-0.2, -0.15) is 25.3 Å². The third-order valence-electron chi connectivity index (χ3n) is 7.81. The molecule has 0 aliphatic rings. The van der Waals surface area contributed by atoms with E-state index in [-0.39, 0.29) is 197 Å². The van der Waals surface area contributed by atoms with E-state index < -0.39 is 86.5 Å². The fourth-order valence-electron chi connectivity index (χ4n) is 5.31. The summed E-state index contributed by atoms with van der Waals surface area (Å²) in [5.74, 6) is -1.21. The topological polar surface area (TPSA) is 347 Å². The summed E-state index contributed by atoms with van der Waals surface area (Å²) < 4.78 is 171. The number of hydrogen-bond donors (Lipinski definition) is 4. The second-order valence-corrected chi connectivity index (χ2v) is 18.3. The van der Waals surface area contributed by atoms with Crippen LogP contribution in [0.4, 0.5) is 22.7 Å². The molecule has 0 atom stereocenters. The van der Waals surface area contributed by atoms with Gasteiger partial charge in [0, 0.05) is 21.5 Å². The van der Waals surface area contributed by atoms with Gasteiger partial charge in [-0.25, -0.2) is 16.8 Å². The number of azo groups is 2. The molecule has 0 bridgehead atoms. The van der Waals surface area contributed by atoms with Crippen molar-refractivity contribution in [3.63, 3.8) is 0 Å². The van der Waals surface area contributed by atoms with Gasteiger partial charge in [0.25, 0.3) is 30.4 Å². The Labute approximate surface area is 451 Å². The maximum Gasteiger partial charge on any atom is 1.00 e.